The van der Waals surface area contributed by atoms with Crippen LogP contribution < -0.4 is 10.6 Å². The Morgan fingerprint density at radius 1 is 1.25 bits per heavy atom. The maximum Gasteiger partial charge on any atom is 0.273 e. The molecule has 0 aliphatic heterocycles. The van der Waals surface area contributed by atoms with Crippen molar-refractivity contribution >= 4 is 17.1 Å². The molecule has 5 nitrogen and oxygen atoms in total. The first-order chi connectivity index (χ1) is 9.60. The van der Waals surface area contributed by atoms with Gasteiger partial charge in [0.1, 0.15) is 0 Å². The van der Waals surface area contributed by atoms with Crippen molar-refractivity contribution in [2.75, 3.05) is 23.7 Å². The van der Waals surface area contributed by atoms with E-state index in [9.17, 15) is 10.1 Å². The first-order valence-corrected chi connectivity index (χ1v) is 7.37. The fraction of sp³-hybridized carbons (Fsp3) is 0.600. The second kappa shape index (κ2) is 6.59. The van der Waals surface area contributed by atoms with E-state index in [0.29, 0.717) is 5.92 Å². The van der Waals surface area contributed by atoms with Gasteiger partial charge in [0.15, 0.2) is 0 Å². The second-order valence-electron chi connectivity index (χ2n) is 5.61. The molecule has 0 spiro atoms. The van der Waals surface area contributed by atoms with Crippen molar-refractivity contribution in [3.8, 4) is 0 Å². The first-order valence-electron chi connectivity index (χ1n) is 7.37. The predicted octanol–water partition coefficient (Wildman–Crippen LogP) is 3.87. The number of rotatable bonds is 6. The van der Waals surface area contributed by atoms with Gasteiger partial charge in [0.2, 0.25) is 0 Å². The Labute approximate surface area is 119 Å². The van der Waals surface area contributed by atoms with Crippen LogP contribution in [0.25, 0.3) is 0 Å². The van der Waals surface area contributed by atoms with E-state index in [1.54, 1.807) is 12.1 Å². The van der Waals surface area contributed by atoms with Crippen molar-refractivity contribution in [3.63, 3.8) is 0 Å². The molecule has 0 heterocycles. The van der Waals surface area contributed by atoms with Gasteiger partial charge in [-0.15, -0.1) is 0 Å². The maximum atomic E-state index is 11.0. The zero-order valence-corrected chi connectivity index (χ0v) is 12.2. The molecule has 110 valence electrons. The largest absolute Gasteiger partial charge is 0.385 e. The zero-order chi connectivity index (χ0) is 14.5. The van der Waals surface area contributed by atoms with Crippen molar-refractivity contribution in [3.05, 3.63) is 28.3 Å². The topological polar surface area (TPSA) is 67.2 Å². The van der Waals surface area contributed by atoms with Gasteiger partial charge in [0.25, 0.3) is 5.69 Å². The van der Waals surface area contributed by atoms with E-state index in [1.165, 1.54) is 19.3 Å². The molecule has 1 saturated carbocycles. The minimum absolute atomic E-state index is 0.130. The van der Waals surface area contributed by atoms with Crippen LogP contribution in [0, 0.1) is 22.0 Å². The van der Waals surface area contributed by atoms with E-state index >= 15 is 0 Å². The average Bonchev–Trinajstić information content (AvgIpc) is 2.82. The molecule has 0 radical (unpaired) electrons. The van der Waals surface area contributed by atoms with Gasteiger partial charge in [0, 0.05) is 36.6 Å². The normalized spacial score (nSPS) is 21.7. The number of nitrogens with one attached hydrogen (secondary N) is 2. The van der Waals surface area contributed by atoms with Crippen LogP contribution in [0.15, 0.2) is 18.2 Å². The number of nitro groups is 1. The van der Waals surface area contributed by atoms with Crippen molar-refractivity contribution in [2.24, 2.45) is 11.8 Å². The molecule has 2 N–H and O–H groups in total. The van der Waals surface area contributed by atoms with Gasteiger partial charge in [0.05, 0.1) is 4.92 Å². The highest BCUT2D eigenvalue weighted by molar-refractivity contribution is 5.63. The van der Waals surface area contributed by atoms with E-state index in [-0.39, 0.29) is 10.6 Å². The van der Waals surface area contributed by atoms with Crippen LogP contribution in [-0.2, 0) is 0 Å². The van der Waals surface area contributed by atoms with Crippen molar-refractivity contribution in [1.82, 2.24) is 0 Å². The molecule has 1 aliphatic carbocycles. The molecule has 1 aromatic rings. The summed E-state index contributed by atoms with van der Waals surface area (Å²) < 4.78 is 0. The van der Waals surface area contributed by atoms with Crippen molar-refractivity contribution in [2.45, 2.75) is 33.1 Å². The lowest BCUT2D eigenvalue weighted by molar-refractivity contribution is -0.384. The summed E-state index contributed by atoms with van der Waals surface area (Å²) in [4.78, 5) is 10.6. The number of anilines is 2. The van der Waals surface area contributed by atoms with Crippen LogP contribution in [0.2, 0.25) is 0 Å². The number of hydrogen-bond donors (Lipinski definition) is 2. The van der Waals surface area contributed by atoms with E-state index in [2.05, 4.69) is 17.6 Å². The molecule has 2 atom stereocenters. The number of non-ortho nitro benzene ring substituents is 1. The standard InChI is InChI=1S/C15H23N3O2/c1-3-16-13-7-14(9-15(8-13)18(19)20)17-10-12-6-4-5-11(12)2/h7-9,11-12,16-17H,3-6,10H2,1-2H3. The molecule has 1 aliphatic rings. The van der Waals surface area contributed by atoms with Gasteiger partial charge < -0.3 is 10.6 Å². The Balaban J connectivity index is 2.07. The molecule has 0 amide bonds. The molecule has 0 bridgehead atoms. The summed E-state index contributed by atoms with van der Waals surface area (Å²) in [5.41, 5.74) is 1.75. The van der Waals surface area contributed by atoms with Crippen LogP contribution in [-0.4, -0.2) is 18.0 Å². The summed E-state index contributed by atoms with van der Waals surface area (Å²) in [5.74, 6) is 1.42. The van der Waals surface area contributed by atoms with Crippen molar-refractivity contribution < 1.29 is 4.92 Å². The predicted molar refractivity (Wildman–Crippen MR) is 82.3 cm³/mol. The Kier molecular flexibility index (Phi) is 4.82. The van der Waals surface area contributed by atoms with Gasteiger partial charge in [-0.1, -0.05) is 19.8 Å². The number of nitro benzene ring substituents is 1. The number of nitrogens with zero attached hydrogens (tertiary/aromatic N) is 1. The van der Waals surface area contributed by atoms with Crippen LogP contribution >= 0.6 is 0 Å². The lowest BCUT2D eigenvalue weighted by Crippen LogP contribution is -2.16. The van der Waals surface area contributed by atoms with Gasteiger partial charge in [-0.3, -0.25) is 10.1 Å². The van der Waals surface area contributed by atoms with Crippen molar-refractivity contribution in [1.29, 1.82) is 0 Å². The Morgan fingerprint density at radius 3 is 2.50 bits per heavy atom. The third-order valence-corrected chi connectivity index (χ3v) is 4.12. The van der Waals surface area contributed by atoms with Gasteiger partial charge in [-0.2, -0.15) is 0 Å². The first kappa shape index (κ1) is 14.6. The highest BCUT2D eigenvalue weighted by Gasteiger charge is 2.23. The maximum absolute atomic E-state index is 11.0. The summed E-state index contributed by atoms with van der Waals surface area (Å²) in [6.45, 7) is 5.91. The molecule has 0 saturated heterocycles. The monoisotopic (exact) mass is 277 g/mol. The van der Waals surface area contributed by atoms with E-state index in [1.807, 2.05) is 13.0 Å². The molecule has 5 heteroatoms. The summed E-state index contributed by atoms with van der Waals surface area (Å²) in [6.07, 6.45) is 3.85. The SMILES string of the molecule is CCNc1cc(NCC2CCCC2C)cc([N+](=O)[O-])c1. The fourth-order valence-corrected chi connectivity index (χ4v) is 2.90. The Bertz CT molecular complexity index is 476. The smallest absolute Gasteiger partial charge is 0.273 e. The highest BCUT2D eigenvalue weighted by atomic mass is 16.6. The molecule has 2 unspecified atom stereocenters. The Hall–Kier alpha value is -1.78. The van der Waals surface area contributed by atoms with Crippen LogP contribution in [0.5, 0.6) is 0 Å². The molecular formula is C15H23N3O2. The summed E-state index contributed by atoms with van der Waals surface area (Å²) in [7, 11) is 0. The molecule has 0 aromatic heterocycles. The Morgan fingerprint density at radius 2 is 1.95 bits per heavy atom. The fourth-order valence-electron chi connectivity index (χ4n) is 2.90. The van der Waals surface area contributed by atoms with Gasteiger partial charge in [-0.25, -0.2) is 0 Å². The highest BCUT2D eigenvalue weighted by Crippen LogP contribution is 2.32. The minimum Gasteiger partial charge on any atom is -0.385 e. The van der Waals surface area contributed by atoms with Gasteiger partial charge in [-0.05, 0) is 31.2 Å². The summed E-state index contributed by atoms with van der Waals surface area (Å²) in [5, 5.41) is 17.5. The summed E-state index contributed by atoms with van der Waals surface area (Å²) in [6, 6.07) is 5.13. The van der Waals surface area contributed by atoms with E-state index in [0.717, 1.165) is 30.4 Å². The average molecular weight is 277 g/mol. The number of hydrogen-bond acceptors (Lipinski definition) is 4. The quantitative estimate of drug-likeness (QED) is 0.611. The molecule has 1 fully saturated rings. The molecule has 1 aromatic carbocycles. The van der Waals surface area contributed by atoms with E-state index < -0.39 is 0 Å². The molecule has 20 heavy (non-hydrogen) atoms. The van der Waals surface area contributed by atoms with Crippen LogP contribution in [0.4, 0.5) is 17.1 Å². The lowest BCUT2D eigenvalue weighted by atomic mass is 9.98. The van der Waals surface area contributed by atoms with Gasteiger partial charge >= 0.3 is 0 Å². The third kappa shape index (κ3) is 3.62. The lowest BCUT2D eigenvalue weighted by Gasteiger charge is -2.17. The second-order valence-corrected chi connectivity index (χ2v) is 5.61. The van der Waals surface area contributed by atoms with Crippen LogP contribution in [0.3, 0.4) is 0 Å². The van der Waals surface area contributed by atoms with E-state index in [4.69, 9.17) is 0 Å². The van der Waals surface area contributed by atoms with Crippen LogP contribution in [0.1, 0.15) is 33.1 Å². The molecular weight excluding hydrogens is 254 g/mol. The summed E-state index contributed by atoms with van der Waals surface area (Å²) >= 11 is 0. The number of benzene rings is 1. The third-order valence-electron chi connectivity index (χ3n) is 4.12. The zero-order valence-electron chi connectivity index (χ0n) is 12.2. The molecule has 2 rings (SSSR count). The minimum atomic E-state index is -0.343.